The standard InChI is InChI=1S/C12H25NO2/c1-4-7-12(2,9-14)13-11(8-15-3)10-5-6-10/h10-11,13-14H,4-9H2,1-3H3. The highest BCUT2D eigenvalue weighted by Gasteiger charge is 2.35. The first-order valence-electron chi connectivity index (χ1n) is 6.02. The maximum absolute atomic E-state index is 9.43. The first-order valence-corrected chi connectivity index (χ1v) is 6.02. The Morgan fingerprint density at radius 3 is 2.60 bits per heavy atom. The summed E-state index contributed by atoms with van der Waals surface area (Å²) in [7, 11) is 1.74. The molecule has 2 unspecified atom stereocenters. The van der Waals surface area contributed by atoms with E-state index in [1.165, 1.54) is 12.8 Å². The molecule has 90 valence electrons. The highest BCUT2D eigenvalue weighted by molar-refractivity contribution is 4.93. The van der Waals surface area contributed by atoms with Gasteiger partial charge in [-0.2, -0.15) is 0 Å². The molecule has 2 N–H and O–H groups in total. The van der Waals surface area contributed by atoms with Gasteiger partial charge in [0.15, 0.2) is 0 Å². The summed E-state index contributed by atoms with van der Waals surface area (Å²) < 4.78 is 5.23. The molecular formula is C12H25NO2. The van der Waals surface area contributed by atoms with Gasteiger partial charge < -0.3 is 15.2 Å². The van der Waals surface area contributed by atoms with E-state index in [0.29, 0.717) is 6.04 Å². The third-order valence-corrected chi connectivity index (χ3v) is 3.22. The van der Waals surface area contributed by atoms with E-state index in [4.69, 9.17) is 4.74 Å². The van der Waals surface area contributed by atoms with Crippen molar-refractivity contribution in [1.29, 1.82) is 0 Å². The van der Waals surface area contributed by atoms with E-state index < -0.39 is 0 Å². The smallest absolute Gasteiger partial charge is 0.0618 e. The van der Waals surface area contributed by atoms with Crippen LogP contribution < -0.4 is 5.32 Å². The van der Waals surface area contributed by atoms with Gasteiger partial charge in [-0.25, -0.2) is 0 Å². The van der Waals surface area contributed by atoms with E-state index in [1.54, 1.807) is 7.11 Å². The molecule has 0 saturated heterocycles. The normalized spacial score (nSPS) is 22.4. The van der Waals surface area contributed by atoms with Crippen LogP contribution in [0.15, 0.2) is 0 Å². The fourth-order valence-corrected chi connectivity index (χ4v) is 2.17. The molecule has 1 saturated carbocycles. The second-order valence-electron chi connectivity index (χ2n) is 5.01. The fraction of sp³-hybridized carbons (Fsp3) is 1.00. The second-order valence-corrected chi connectivity index (χ2v) is 5.01. The molecule has 15 heavy (non-hydrogen) atoms. The van der Waals surface area contributed by atoms with Gasteiger partial charge in [-0.05, 0) is 32.1 Å². The van der Waals surface area contributed by atoms with Crippen molar-refractivity contribution in [3.05, 3.63) is 0 Å². The molecule has 3 nitrogen and oxygen atoms in total. The van der Waals surface area contributed by atoms with Crippen molar-refractivity contribution in [2.75, 3.05) is 20.3 Å². The van der Waals surface area contributed by atoms with E-state index in [1.807, 2.05) is 0 Å². The molecule has 0 aromatic heterocycles. The topological polar surface area (TPSA) is 41.5 Å². The Morgan fingerprint density at radius 2 is 2.20 bits per heavy atom. The van der Waals surface area contributed by atoms with E-state index in [0.717, 1.165) is 25.4 Å². The van der Waals surface area contributed by atoms with Crippen LogP contribution in [0.5, 0.6) is 0 Å². The number of ether oxygens (including phenoxy) is 1. The number of aliphatic hydroxyl groups excluding tert-OH is 1. The number of methoxy groups -OCH3 is 1. The van der Waals surface area contributed by atoms with Gasteiger partial charge in [-0.15, -0.1) is 0 Å². The minimum Gasteiger partial charge on any atom is -0.394 e. The molecule has 0 heterocycles. The van der Waals surface area contributed by atoms with Crippen LogP contribution in [0.2, 0.25) is 0 Å². The molecule has 0 spiro atoms. The zero-order chi connectivity index (χ0) is 11.3. The molecule has 0 aromatic rings. The SMILES string of the molecule is CCCC(C)(CO)NC(COC)C1CC1. The molecule has 0 amide bonds. The number of rotatable bonds is 8. The van der Waals surface area contributed by atoms with Crippen LogP contribution in [0, 0.1) is 5.92 Å². The zero-order valence-electron chi connectivity index (χ0n) is 10.3. The van der Waals surface area contributed by atoms with Crippen LogP contribution in [0.4, 0.5) is 0 Å². The fourth-order valence-electron chi connectivity index (χ4n) is 2.17. The molecule has 1 aliphatic rings. The van der Waals surface area contributed by atoms with Crippen molar-refractivity contribution in [3.63, 3.8) is 0 Å². The third kappa shape index (κ3) is 4.09. The Hall–Kier alpha value is -0.120. The maximum Gasteiger partial charge on any atom is 0.0618 e. The Kier molecular flexibility index (Phi) is 5.03. The lowest BCUT2D eigenvalue weighted by Crippen LogP contribution is -2.53. The van der Waals surface area contributed by atoms with E-state index in [9.17, 15) is 5.11 Å². The summed E-state index contributed by atoms with van der Waals surface area (Å²) in [5.74, 6) is 0.757. The lowest BCUT2D eigenvalue weighted by atomic mass is 9.95. The van der Waals surface area contributed by atoms with Crippen LogP contribution in [0.3, 0.4) is 0 Å². The molecule has 3 heteroatoms. The van der Waals surface area contributed by atoms with E-state index in [2.05, 4.69) is 19.2 Å². The number of hydrogen-bond acceptors (Lipinski definition) is 3. The van der Waals surface area contributed by atoms with Crippen LogP contribution in [0.25, 0.3) is 0 Å². The highest BCUT2D eigenvalue weighted by atomic mass is 16.5. The summed E-state index contributed by atoms with van der Waals surface area (Å²) >= 11 is 0. The lowest BCUT2D eigenvalue weighted by molar-refractivity contribution is 0.104. The van der Waals surface area contributed by atoms with Crippen LogP contribution >= 0.6 is 0 Å². The minimum atomic E-state index is -0.138. The summed E-state index contributed by atoms with van der Waals surface area (Å²) in [4.78, 5) is 0. The Labute approximate surface area is 93.2 Å². The summed E-state index contributed by atoms with van der Waals surface area (Å²) in [6.07, 6.45) is 4.70. The summed E-state index contributed by atoms with van der Waals surface area (Å²) in [5.41, 5.74) is -0.138. The van der Waals surface area contributed by atoms with Crippen molar-refractivity contribution in [3.8, 4) is 0 Å². The summed E-state index contributed by atoms with van der Waals surface area (Å²) in [6, 6.07) is 0.415. The predicted octanol–water partition coefficient (Wildman–Crippen LogP) is 1.55. The maximum atomic E-state index is 9.43. The number of aliphatic hydroxyl groups is 1. The Bertz CT molecular complexity index is 182. The van der Waals surface area contributed by atoms with Crippen molar-refractivity contribution in [2.24, 2.45) is 5.92 Å². The van der Waals surface area contributed by atoms with Crippen molar-refractivity contribution >= 4 is 0 Å². The van der Waals surface area contributed by atoms with Crippen molar-refractivity contribution in [1.82, 2.24) is 5.32 Å². The molecule has 0 aliphatic heterocycles. The summed E-state index contributed by atoms with van der Waals surface area (Å²) in [5, 5.41) is 13.0. The molecule has 0 radical (unpaired) electrons. The van der Waals surface area contributed by atoms with E-state index >= 15 is 0 Å². The first kappa shape index (κ1) is 12.9. The predicted molar refractivity (Wildman–Crippen MR) is 61.9 cm³/mol. The lowest BCUT2D eigenvalue weighted by Gasteiger charge is -2.33. The van der Waals surface area contributed by atoms with Crippen LogP contribution in [-0.4, -0.2) is 37.0 Å². The third-order valence-electron chi connectivity index (χ3n) is 3.22. The largest absolute Gasteiger partial charge is 0.394 e. The highest BCUT2D eigenvalue weighted by Crippen LogP contribution is 2.34. The van der Waals surface area contributed by atoms with Gasteiger partial charge in [0, 0.05) is 18.7 Å². The monoisotopic (exact) mass is 215 g/mol. The van der Waals surface area contributed by atoms with Gasteiger partial charge >= 0.3 is 0 Å². The average Bonchev–Trinajstić information content (AvgIpc) is 3.01. The molecule has 0 bridgehead atoms. The minimum absolute atomic E-state index is 0.138. The van der Waals surface area contributed by atoms with Crippen molar-refractivity contribution < 1.29 is 9.84 Å². The van der Waals surface area contributed by atoms with Gasteiger partial charge in [-0.3, -0.25) is 0 Å². The molecule has 2 atom stereocenters. The molecule has 0 aromatic carbocycles. The van der Waals surface area contributed by atoms with Gasteiger partial charge in [0.05, 0.1) is 13.2 Å². The van der Waals surface area contributed by atoms with Crippen LogP contribution in [0.1, 0.15) is 39.5 Å². The Balaban J connectivity index is 2.45. The summed E-state index contributed by atoms with van der Waals surface area (Å²) in [6.45, 7) is 5.21. The molecule has 1 rings (SSSR count). The quantitative estimate of drug-likeness (QED) is 0.645. The molecular weight excluding hydrogens is 190 g/mol. The van der Waals surface area contributed by atoms with Gasteiger partial charge in [-0.1, -0.05) is 13.3 Å². The number of nitrogens with one attached hydrogen (secondary N) is 1. The molecule has 1 fully saturated rings. The number of hydrogen-bond donors (Lipinski definition) is 2. The van der Waals surface area contributed by atoms with Gasteiger partial charge in [0.2, 0.25) is 0 Å². The van der Waals surface area contributed by atoms with Crippen LogP contribution in [-0.2, 0) is 4.74 Å². The molecule has 1 aliphatic carbocycles. The zero-order valence-corrected chi connectivity index (χ0v) is 10.3. The first-order chi connectivity index (χ1) is 7.15. The Morgan fingerprint density at radius 1 is 1.53 bits per heavy atom. The second kappa shape index (κ2) is 5.83. The van der Waals surface area contributed by atoms with Crippen molar-refractivity contribution in [2.45, 2.75) is 51.1 Å². The van der Waals surface area contributed by atoms with E-state index in [-0.39, 0.29) is 12.1 Å². The van der Waals surface area contributed by atoms with Gasteiger partial charge in [0.1, 0.15) is 0 Å². The average molecular weight is 215 g/mol. The van der Waals surface area contributed by atoms with Gasteiger partial charge in [0.25, 0.3) is 0 Å².